The van der Waals surface area contributed by atoms with Crippen molar-refractivity contribution >= 4 is 34.9 Å². The SMILES string of the molecule is CC(C)COC(=O)c1ccc(Nc2ncnc(NNC(=O)c3ccccc3F)c2N)cc1. The largest absolute Gasteiger partial charge is 0.462 e. The van der Waals surface area contributed by atoms with Crippen molar-refractivity contribution in [2.75, 3.05) is 23.1 Å². The summed E-state index contributed by atoms with van der Waals surface area (Å²) in [7, 11) is 0. The number of nitrogens with zero attached hydrogens (tertiary/aromatic N) is 2. The molecule has 0 bridgehead atoms. The van der Waals surface area contributed by atoms with Gasteiger partial charge in [0.2, 0.25) is 0 Å². The molecule has 9 nitrogen and oxygen atoms in total. The Labute approximate surface area is 184 Å². The van der Waals surface area contributed by atoms with Crippen LogP contribution >= 0.6 is 0 Å². The monoisotopic (exact) mass is 438 g/mol. The maximum Gasteiger partial charge on any atom is 0.338 e. The molecule has 0 radical (unpaired) electrons. The van der Waals surface area contributed by atoms with E-state index in [-0.39, 0.29) is 28.8 Å². The van der Waals surface area contributed by atoms with Crippen molar-refractivity contribution < 1.29 is 18.7 Å². The molecule has 1 heterocycles. The highest BCUT2D eigenvalue weighted by atomic mass is 19.1. The van der Waals surface area contributed by atoms with Gasteiger partial charge in [0.15, 0.2) is 11.6 Å². The van der Waals surface area contributed by atoms with E-state index in [1.165, 1.54) is 24.5 Å². The standard InChI is InChI=1S/C22H23FN6O3/c1-13(2)11-32-22(31)14-7-9-15(10-8-14)27-19-18(24)20(26-12-25-19)28-29-21(30)16-5-3-4-6-17(16)23/h3-10,12-13H,11,24H2,1-2H3,(H,29,30)(H2,25,26,27,28). The van der Waals surface area contributed by atoms with Crippen LogP contribution in [0, 0.1) is 11.7 Å². The van der Waals surface area contributed by atoms with Gasteiger partial charge in [-0.05, 0) is 42.3 Å². The number of benzene rings is 2. The molecule has 3 rings (SSSR count). The van der Waals surface area contributed by atoms with Gasteiger partial charge < -0.3 is 15.8 Å². The van der Waals surface area contributed by atoms with E-state index in [1.54, 1.807) is 30.3 Å². The first-order chi connectivity index (χ1) is 15.3. The van der Waals surface area contributed by atoms with Gasteiger partial charge in [-0.2, -0.15) is 0 Å². The Kier molecular flexibility index (Phi) is 7.17. The van der Waals surface area contributed by atoms with Crippen LogP contribution in [0.4, 0.5) is 27.4 Å². The van der Waals surface area contributed by atoms with Crippen LogP contribution in [0.3, 0.4) is 0 Å². The van der Waals surface area contributed by atoms with Crippen LogP contribution in [0.25, 0.3) is 0 Å². The minimum Gasteiger partial charge on any atom is -0.462 e. The summed E-state index contributed by atoms with van der Waals surface area (Å²) in [6.45, 7) is 4.27. The molecule has 2 aromatic carbocycles. The topological polar surface area (TPSA) is 131 Å². The van der Waals surface area contributed by atoms with E-state index in [9.17, 15) is 14.0 Å². The molecule has 10 heteroatoms. The number of carbonyl (C=O) groups is 2. The number of esters is 1. The van der Waals surface area contributed by atoms with Gasteiger partial charge in [0.1, 0.15) is 17.8 Å². The van der Waals surface area contributed by atoms with Crippen LogP contribution in [0.1, 0.15) is 34.6 Å². The number of nitrogens with one attached hydrogen (secondary N) is 3. The number of aromatic nitrogens is 2. The van der Waals surface area contributed by atoms with E-state index >= 15 is 0 Å². The summed E-state index contributed by atoms with van der Waals surface area (Å²) in [5, 5.41) is 3.02. The van der Waals surface area contributed by atoms with E-state index in [1.807, 2.05) is 13.8 Å². The number of carbonyl (C=O) groups excluding carboxylic acids is 2. The number of halogens is 1. The van der Waals surface area contributed by atoms with Crippen molar-refractivity contribution in [2.45, 2.75) is 13.8 Å². The third-order valence-corrected chi connectivity index (χ3v) is 4.23. The average Bonchev–Trinajstić information content (AvgIpc) is 2.78. The summed E-state index contributed by atoms with van der Waals surface area (Å²) >= 11 is 0. The number of hydrogen-bond acceptors (Lipinski definition) is 8. The number of anilines is 4. The van der Waals surface area contributed by atoms with Crippen LogP contribution in [-0.4, -0.2) is 28.5 Å². The second kappa shape index (κ2) is 10.2. The summed E-state index contributed by atoms with van der Waals surface area (Å²) in [5.41, 5.74) is 12.0. The number of amides is 1. The molecule has 5 N–H and O–H groups in total. The summed E-state index contributed by atoms with van der Waals surface area (Å²) < 4.78 is 18.9. The lowest BCUT2D eigenvalue weighted by molar-refractivity contribution is 0.0459. The molecule has 32 heavy (non-hydrogen) atoms. The molecule has 3 aromatic rings. The summed E-state index contributed by atoms with van der Waals surface area (Å²) in [6, 6.07) is 12.2. The maximum absolute atomic E-state index is 13.7. The first-order valence-electron chi connectivity index (χ1n) is 9.80. The van der Waals surface area contributed by atoms with Crippen LogP contribution < -0.4 is 21.9 Å². The lowest BCUT2D eigenvalue weighted by atomic mass is 10.2. The van der Waals surface area contributed by atoms with Crippen molar-refractivity contribution in [3.8, 4) is 0 Å². The normalized spacial score (nSPS) is 10.5. The molecule has 0 fully saturated rings. The van der Waals surface area contributed by atoms with Gasteiger partial charge in [-0.25, -0.2) is 19.2 Å². The third-order valence-electron chi connectivity index (χ3n) is 4.23. The number of ether oxygens (including phenoxy) is 1. The molecule has 0 aliphatic carbocycles. The zero-order valence-electron chi connectivity index (χ0n) is 17.6. The summed E-state index contributed by atoms with van der Waals surface area (Å²) in [4.78, 5) is 32.2. The van der Waals surface area contributed by atoms with E-state index in [2.05, 4.69) is 26.1 Å². The van der Waals surface area contributed by atoms with Gasteiger partial charge >= 0.3 is 5.97 Å². The number of nitrogens with two attached hydrogens (primary N) is 1. The van der Waals surface area contributed by atoms with Gasteiger partial charge in [0.05, 0.1) is 17.7 Å². The van der Waals surface area contributed by atoms with Gasteiger partial charge in [0.25, 0.3) is 5.91 Å². The molecule has 0 aliphatic heterocycles. The second-order valence-corrected chi connectivity index (χ2v) is 7.24. The first-order valence-corrected chi connectivity index (χ1v) is 9.80. The fourth-order valence-electron chi connectivity index (χ4n) is 2.58. The lowest BCUT2D eigenvalue weighted by Crippen LogP contribution is -2.31. The fourth-order valence-corrected chi connectivity index (χ4v) is 2.58. The highest BCUT2D eigenvalue weighted by Crippen LogP contribution is 2.25. The van der Waals surface area contributed by atoms with Crippen molar-refractivity contribution in [1.82, 2.24) is 15.4 Å². The molecule has 0 spiro atoms. The maximum atomic E-state index is 13.7. The minimum absolute atomic E-state index is 0.126. The van der Waals surface area contributed by atoms with E-state index in [4.69, 9.17) is 10.5 Å². The van der Waals surface area contributed by atoms with E-state index in [0.717, 1.165) is 0 Å². The zero-order valence-corrected chi connectivity index (χ0v) is 17.6. The number of nitrogen functional groups attached to an aromatic ring is 1. The lowest BCUT2D eigenvalue weighted by Gasteiger charge is -2.13. The molecule has 166 valence electrons. The highest BCUT2D eigenvalue weighted by molar-refractivity contribution is 5.95. The molecule has 0 unspecified atom stereocenters. The van der Waals surface area contributed by atoms with E-state index < -0.39 is 17.7 Å². The zero-order chi connectivity index (χ0) is 23.1. The van der Waals surface area contributed by atoms with Crippen LogP contribution in [0.15, 0.2) is 54.9 Å². The average molecular weight is 438 g/mol. The van der Waals surface area contributed by atoms with E-state index in [0.29, 0.717) is 17.9 Å². The van der Waals surface area contributed by atoms with Crippen molar-refractivity contribution in [1.29, 1.82) is 0 Å². The Morgan fingerprint density at radius 3 is 2.44 bits per heavy atom. The smallest absolute Gasteiger partial charge is 0.338 e. The second-order valence-electron chi connectivity index (χ2n) is 7.24. The molecular formula is C22H23FN6O3. The summed E-state index contributed by atoms with van der Waals surface area (Å²) in [6.07, 6.45) is 1.24. The van der Waals surface area contributed by atoms with Crippen LogP contribution in [-0.2, 0) is 4.74 Å². The van der Waals surface area contributed by atoms with Gasteiger partial charge in [-0.1, -0.05) is 26.0 Å². The Morgan fingerprint density at radius 1 is 1.06 bits per heavy atom. The molecule has 1 amide bonds. The summed E-state index contributed by atoms with van der Waals surface area (Å²) in [5.74, 6) is -1.08. The highest BCUT2D eigenvalue weighted by Gasteiger charge is 2.13. The number of hydrogen-bond donors (Lipinski definition) is 4. The van der Waals surface area contributed by atoms with Gasteiger partial charge in [-0.15, -0.1) is 0 Å². The first kappa shape index (κ1) is 22.5. The van der Waals surface area contributed by atoms with Gasteiger partial charge in [-0.3, -0.25) is 15.6 Å². The third kappa shape index (κ3) is 5.69. The Bertz CT molecular complexity index is 1110. The predicted molar refractivity (Wildman–Crippen MR) is 119 cm³/mol. The molecule has 1 aromatic heterocycles. The molecule has 0 saturated heterocycles. The number of hydrazine groups is 1. The van der Waals surface area contributed by atoms with Crippen molar-refractivity contribution in [3.63, 3.8) is 0 Å². The van der Waals surface area contributed by atoms with Gasteiger partial charge in [0, 0.05) is 5.69 Å². The fraction of sp³-hybridized carbons (Fsp3) is 0.182. The Hall–Kier alpha value is -4.21. The molecular weight excluding hydrogens is 415 g/mol. The quantitative estimate of drug-likeness (QED) is 0.310. The van der Waals surface area contributed by atoms with Crippen LogP contribution in [0.5, 0.6) is 0 Å². The van der Waals surface area contributed by atoms with Crippen LogP contribution in [0.2, 0.25) is 0 Å². The van der Waals surface area contributed by atoms with Crippen molar-refractivity contribution in [2.24, 2.45) is 5.92 Å². The predicted octanol–water partition coefficient (Wildman–Crippen LogP) is 3.51. The molecule has 0 aliphatic rings. The molecule has 0 saturated carbocycles. The minimum atomic E-state index is -0.685. The Morgan fingerprint density at radius 2 is 1.75 bits per heavy atom. The van der Waals surface area contributed by atoms with Crippen molar-refractivity contribution in [3.05, 3.63) is 71.8 Å². The number of rotatable bonds is 8. The Balaban J connectivity index is 1.65. The molecule has 0 atom stereocenters.